The van der Waals surface area contributed by atoms with Crippen molar-refractivity contribution in [3.8, 4) is 17.0 Å². The van der Waals surface area contributed by atoms with E-state index in [-0.39, 0.29) is 5.75 Å². The highest BCUT2D eigenvalue weighted by Crippen LogP contribution is 2.27. The molecule has 0 radical (unpaired) electrons. The summed E-state index contributed by atoms with van der Waals surface area (Å²) in [6.07, 6.45) is 5.29. The molecule has 12 nitrogen and oxygen atoms in total. The van der Waals surface area contributed by atoms with Crippen molar-refractivity contribution in [2.45, 2.75) is 6.54 Å². The van der Waals surface area contributed by atoms with E-state index in [9.17, 15) is 9.90 Å². The van der Waals surface area contributed by atoms with Crippen LogP contribution in [0.25, 0.3) is 22.0 Å². The Hall–Kier alpha value is -4.97. The van der Waals surface area contributed by atoms with Crippen molar-refractivity contribution < 1.29 is 9.90 Å². The van der Waals surface area contributed by atoms with Crippen LogP contribution in [0.15, 0.2) is 67.3 Å². The van der Waals surface area contributed by atoms with Gasteiger partial charge >= 0.3 is 6.03 Å². The number of urea groups is 1. The van der Waals surface area contributed by atoms with Gasteiger partial charge in [-0.15, -0.1) is 10.2 Å². The molecule has 12 heteroatoms. The number of aromatic nitrogens is 6. The molecule has 2 amide bonds. The summed E-state index contributed by atoms with van der Waals surface area (Å²) >= 11 is 0. The fourth-order valence-corrected chi connectivity index (χ4v) is 5.01. The monoisotopic (exact) mass is 538 g/mol. The third kappa shape index (κ3) is 5.29. The number of phenolic OH excluding ortho intramolecular Hbond substituents is 1. The Morgan fingerprint density at radius 3 is 2.60 bits per heavy atom. The first-order valence-electron chi connectivity index (χ1n) is 13.0. The fourth-order valence-electron chi connectivity index (χ4n) is 5.01. The lowest BCUT2D eigenvalue weighted by atomic mass is 10.1. The average Bonchev–Trinajstić information content (AvgIpc) is 3.55. The summed E-state index contributed by atoms with van der Waals surface area (Å²) in [6, 6.07) is 14.6. The molecule has 1 fully saturated rings. The number of phenols is 1. The highest BCUT2D eigenvalue weighted by atomic mass is 16.3. The van der Waals surface area contributed by atoms with E-state index in [2.05, 4.69) is 40.7 Å². The van der Waals surface area contributed by atoms with Gasteiger partial charge < -0.3 is 19.9 Å². The Kier molecular flexibility index (Phi) is 6.74. The number of hydrogen-bond donors (Lipinski definition) is 3. The van der Waals surface area contributed by atoms with Gasteiger partial charge in [0, 0.05) is 93.5 Å². The maximum atomic E-state index is 12.7. The number of fused-ring (bicyclic) bond motifs is 1. The van der Waals surface area contributed by atoms with Crippen molar-refractivity contribution in [1.29, 1.82) is 0 Å². The van der Waals surface area contributed by atoms with E-state index in [0.717, 1.165) is 59.7 Å². The van der Waals surface area contributed by atoms with Crippen LogP contribution in [-0.4, -0.2) is 71.7 Å². The van der Waals surface area contributed by atoms with Gasteiger partial charge in [0.2, 0.25) is 5.95 Å². The van der Waals surface area contributed by atoms with E-state index in [1.807, 2.05) is 61.3 Å². The number of aromatic hydroxyl groups is 1. The zero-order chi connectivity index (χ0) is 27.6. The molecule has 1 aliphatic heterocycles. The summed E-state index contributed by atoms with van der Waals surface area (Å²) in [4.78, 5) is 21.4. The predicted molar refractivity (Wildman–Crippen MR) is 153 cm³/mol. The molecule has 0 bridgehead atoms. The van der Waals surface area contributed by atoms with Gasteiger partial charge in [0.15, 0.2) is 5.82 Å². The van der Waals surface area contributed by atoms with E-state index in [1.165, 1.54) is 0 Å². The van der Waals surface area contributed by atoms with Gasteiger partial charge in [0.1, 0.15) is 12.1 Å². The van der Waals surface area contributed by atoms with Gasteiger partial charge in [-0.2, -0.15) is 5.10 Å². The van der Waals surface area contributed by atoms with Crippen molar-refractivity contribution in [3.63, 3.8) is 0 Å². The number of rotatable bonds is 6. The number of nitrogens with one attached hydrogen (secondary N) is 2. The van der Waals surface area contributed by atoms with Crippen LogP contribution in [-0.2, 0) is 20.6 Å². The first-order chi connectivity index (χ1) is 19.4. The van der Waals surface area contributed by atoms with Crippen LogP contribution in [0.4, 0.5) is 22.2 Å². The topological polar surface area (TPSA) is 129 Å². The highest BCUT2D eigenvalue weighted by Gasteiger charge is 2.21. The number of hydrogen-bond acceptors (Lipinski definition) is 8. The van der Waals surface area contributed by atoms with Crippen LogP contribution in [0.3, 0.4) is 0 Å². The number of nitrogens with zero attached hydrogens (tertiary/aromatic N) is 8. The first kappa shape index (κ1) is 25.3. The fraction of sp³-hybridized carbons (Fsp3) is 0.250. The number of amides is 2. The molecule has 0 spiro atoms. The molecule has 3 N–H and O–H groups in total. The lowest BCUT2D eigenvalue weighted by molar-refractivity contribution is 0.245. The summed E-state index contributed by atoms with van der Waals surface area (Å²) in [5.74, 6) is 1.42. The van der Waals surface area contributed by atoms with Crippen molar-refractivity contribution in [3.05, 3.63) is 72.8 Å². The van der Waals surface area contributed by atoms with Crippen molar-refractivity contribution in [1.82, 2.24) is 34.4 Å². The SMILES string of the molecule is Cn1cnnc1N1CCN(Cc2ccc(NC(=O)Nc3cc(-c4ccc5ccncc5c4)n(C)n3)cc2O)CC1. The largest absolute Gasteiger partial charge is 0.508 e. The van der Waals surface area contributed by atoms with Gasteiger partial charge in [0.25, 0.3) is 0 Å². The molecule has 0 saturated carbocycles. The number of benzene rings is 2. The maximum Gasteiger partial charge on any atom is 0.324 e. The molecule has 0 unspecified atom stereocenters. The van der Waals surface area contributed by atoms with Crippen molar-refractivity contribution in [2.24, 2.45) is 14.1 Å². The van der Waals surface area contributed by atoms with Crippen LogP contribution in [0, 0.1) is 0 Å². The molecule has 1 aliphatic rings. The second kappa shape index (κ2) is 10.7. The molecule has 0 aliphatic carbocycles. The molecule has 40 heavy (non-hydrogen) atoms. The third-order valence-electron chi connectivity index (χ3n) is 7.14. The average molecular weight is 539 g/mol. The summed E-state index contributed by atoms with van der Waals surface area (Å²) in [6.45, 7) is 3.97. The Morgan fingerprint density at radius 2 is 1.82 bits per heavy atom. The molecule has 204 valence electrons. The zero-order valence-electron chi connectivity index (χ0n) is 22.3. The smallest absolute Gasteiger partial charge is 0.324 e. The Bertz CT molecular complexity index is 1670. The quantitative estimate of drug-likeness (QED) is 0.300. The van der Waals surface area contributed by atoms with Crippen molar-refractivity contribution in [2.75, 3.05) is 41.7 Å². The van der Waals surface area contributed by atoms with E-state index < -0.39 is 6.03 Å². The standard InChI is InChI=1S/C28H30N10O2/c1-35-18-30-33-28(35)38-11-9-37(10-12-38)17-21-5-6-23(14-25(21)39)31-27(40)32-26-15-24(36(2)34-26)20-4-3-19-7-8-29-16-22(19)13-20/h3-8,13-16,18,39H,9-12,17H2,1-2H3,(H2,31,32,34,40). The van der Waals surface area contributed by atoms with Gasteiger partial charge in [-0.05, 0) is 23.6 Å². The summed E-state index contributed by atoms with van der Waals surface area (Å²) in [5, 5.41) is 30.9. The molecule has 2 aromatic carbocycles. The third-order valence-corrected chi connectivity index (χ3v) is 7.14. The number of carbonyl (C=O) groups excluding carboxylic acids is 1. The second-order valence-electron chi connectivity index (χ2n) is 9.90. The van der Waals surface area contributed by atoms with Gasteiger partial charge in [-0.3, -0.25) is 19.9 Å². The number of pyridine rings is 1. The van der Waals surface area contributed by atoms with Gasteiger partial charge in [-0.1, -0.05) is 18.2 Å². The van der Waals surface area contributed by atoms with Crippen LogP contribution >= 0.6 is 0 Å². The van der Waals surface area contributed by atoms with E-state index >= 15 is 0 Å². The highest BCUT2D eigenvalue weighted by molar-refractivity contribution is 5.99. The van der Waals surface area contributed by atoms with Gasteiger partial charge in [0.05, 0.1) is 5.69 Å². The number of carbonyl (C=O) groups is 1. The molecule has 1 saturated heterocycles. The summed E-state index contributed by atoms with van der Waals surface area (Å²) in [5.41, 5.74) is 3.13. The van der Waals surface area contributed by atoms with E-state index in [4.69, 9.17) is 0 Å². The van der Waals surface area contributed by atoms with E-state index in [1.54, 1.807) is 29.3 Å². The molecular formula is C28H30N10O2. The van der Waals surface area contributed by atoms with Crippen LogP contribution in [0.5, 0.6) is 5.75 Å². The molecule has 0 atom stereocenters. The minimum atomic E-state index is -0.445. The predicted octanol–water partition coefficient (Wildman–Crippen LogP) is 3.44. The number of piperazine rings is 1. The lowest BCUT2D eigenvalue weighted by Crippen LogP contribution is -2.46. The minimum Gasteiger partial charge on any atom is -0.508 e. The molecule has 3 aromatic heterocycles. The Morgan fingerprint density at radius 1 is 0.975 bits per heavy atom. The van der Waals surface area contributed by atoms with E-state index in [0.29, 0.717) is 18.1 Å². The second-order valence-corrected chi connectivity index (χ2v) is 9.90. The normalized spacial score (nSPS) is 14.0. The van der Waals surface area contributed by atoms with Gasteiger partial charge in [-0.25, -0.2) is 4.79 Å². The molecule has 4 heterocycles. The lowest BCUT2D eigenvalue weighted by Gasteiger charge is -2.35. The molecule has 6 rings (SSSR count). The Balaban J connectivity index is 1.05. The molecular weight excluding hydrogens is 508 g/mol. The van der Waals surface area contributed by atoms with Crippen LogP contribution in [0.1, 0.15) is 5.56 Å². The summed E-state index contributed by atoms with van der Waals surface area (Å²) < 4.78 is 3.64. The van der Waals surface area contributed by atoms with Crippen LogP contribution < -0.4 is 15.5 Å². The first-order valence-corrected chi connectivity index (χ1v) is 13.0. The molecule has 5 aromatic rings. The van der Waals surface area contributed by atoms with Crippen LogP contribution in [0.2, 0.25) is 0 Å². The Labute approximate surface area is 230 Å². The minimum absolute atomic E-state index is 0.138. The number of aryl methyl sites for hydroxylation is 2. The maximum absolute atomic E-state index is 12.7. The summed E-state index contributed by atoms with van der Waals surface area (Å²) in [7, 11) is 3.77. The zero-order valence-corrected chi connectivity index (χ0v) is 22.3. The number of anilines is 3. The van der Waals surface area contributed by atoms with Crippen molar-refractivity contribution >= 4 is 34.3 Å².